The number of hydrazone groups is 1. The van der Waals surface area contributed by atoms with E-state index < -0.39 is 5.97 Å². The fourth-order valence-electron chi connectivity index (χ4n) is 0. The third-order valence-electron chi connectivity index (χ3n) is 0.127. The van der Waals surface area contributed by atoms with Crippen molar-refractivity contribution in [1.29, 1.82) is 0 Å². The molecule has 62 valence electrons. The van der Waals surface area contributed by atoms with E-state index in [4.69, 9.17) is 15.6 Å². The zero-order valence-corrected chi connectivity index (χ0v) is 6.95. The number of hydrogen-bond donors (Lipinski definition) is 2. The van der Waals surface area contributed by atoms with Gasteiger partial charge in [-0.05, 0) is 12.1 Å². The Balaban J connectivity index is -0.0000000910. The van der Waals surface area contributed by atoms with E-state index in [9.17, 15) is 0 Å². The molecular weight excluding hydrogens is 201 g/mol. The summed E-state index contributed by atoms with van der Waals surface area (Å²) in [5.41, 5.74) is 4.73. The molecule has 5 nitrogen and oxygen atoms in total. The molecule has 0 aromatic carbocycles. The summed E-state index contributed by atoms with van der Waals surface area (Å²) in [4.78, 5) is 8.89. The second kappa shape index (κ2) is 11.3. The third kappa shape index (κ3) is 147. The van der Waals surface area contributed by atoms with Crippen LogP contribution in [-0.2, 0) is 33.9 Å². The van der Waals surface area contributed by atoms with Gasteiger partial charge in [-0.15, -0.1) is 0 Å². The van der Waals surface area contributed by atoms with E-state index in [0.29, 0.717) is 0 Å². The minimum absolute atomic E-state index is 0. The number of nitrogens with two attached hydrogens (primary N) is 2. The minimum Gasteiger partial charge on any atom is -0.741 e. The van der Waals surface area contributed by atoms with Crippen LogP contribution < -0.4 is 16.7 Å². The van der Waals surface area contributed by atoms with Crippen LogP contribution in [0.4, 0.5) is 0 Å². The van der Waals surface area contributed by atoms with Crippen molar-refractivity contribution < 1.29 is 26.4 Å². The first-order valence-corrected chi connectivity index (χ1v) is 2.29. The summed E-state index contributed by atoms with van der Waals surface area (Å²) in [5, 5.41) is 11.8. The van der Waals surface area contributed by atoms with Gasteiger partial charge in [0.2, 0.25) is 0 Å². The predicted molar refractivity (Wildman–Crippen MR) is 33.9 cm³/mol. The average Bonchev–Trinajstić information content (AvgIpc) is 1.65. The van der Waals surface area contributed by atoms with Crippen molar-refractivity contribution >= 4 is 23.8 Å². The molecule has 0 aliphatic heterocycles. The Morgan fingerprint density at radius 1 is 1.70 bits per heavy atom. The van der Waals surface area contributed by atoms with Crippen molar-refractivity contribution in [3.8, 4) is 0 Å². The number of hydrogen-bond acceptors (Lipinski definition) is 5. The quantitative estimate of drug-likeness (QED) is 0.114. The summed E-state index contributed by atoms with van der Waals surface area (Å²) in [6.45, 7) is 0.972. The Bertz CT molecular complexity index is 110. The number of carboxylic acid groups (broad SMARTS) is 1. The molecule has 4 N–H and O–H groups in total. The first-order valence-electron chi connectivity index (χ1n) is 1.88. The summed E-state index contributed by atoms with van der Waals surface area (Å²) >= 11 is 4.18. The van der Waals surface area contributed by atoms with Crippen LogP contribution in [0.1, 0.15) is 6.92 Å². The van der Waals surface area contributed by atoms with E-state index >= 15 is 0 Å². The number of rotatable bonds is 0. The standard InChI is InChI=1S/C2H4O2.CH5N3S.Ni/c1-2(3)4;2-1(5)4-3;/h1H3,(H,3,4);3H2,(H3,2,4,5);/q;;+2/p-2. The number of carboxylic acids is 1. The number of carbonyl (C=O) groups excluding carboxylic acids is 1. The molecule has 0 aromatic heterocycles. The Hall–Kier alpha value is -0.546. The maximum absolute atomic E-state index is 8.89. The van der Waals surface area contributed by atoms with Gasteiger partial charge >= 0.3 is 16.5 Å². The first kappa shape index (κ1) is 16.2. The van der Waals surface area contributed by atoms with Crippen LogP contribution in [0.3, 0.4) is 0 Å². The number of aliphatic carboxylic acids is 1. The number of nitrogens with zero attached hydrogens (tertiary/aromatic N) is 1. The zero-order valence-electron chi connectivity index (χ0n) is 5.14. The Morgan fingerprint density at radius 2 is 1.80 bits per heavy atom. The van der Waals surface area contributed by atoms with Crippen molar-refractivity contribution in [3.05, 3.63) is 0 Å². The normalized spacial score (nSPS) is 8.30. The van der Waals surface area contributed by atoms with Crippen molar-refractivity contribution in [2.75, 3.05) is 0 Å². The van der Waals surface area contributed by atoms with Crippen LogP contribution in [0, 0.1) is 0 Å². The summed E-state index contributed by atoms with van der Waals surface area (Å²) < 4.78 is 0. The van der Waals surface area contributed by atoms with E-state index in [1.54, 1.807) is 0 Å². The smallest absolute Gasteiger partial charge is 0.741 e. The molecule has 0 fully saturated rings. The van der Waals surface area contributed by atoms with Crippen LogP contribution in [-0.4, -0.2) is 11.1 Å². The molecule has 0 heterocycles. The van der Waals surface area contributed by atoms with Gasteiger partial charge in [-0.3, -0.25) is 0 Å². The Labute approximate surface area is 74.2 Å². The predicted octanol–water partition coefficient (Wildman–Crippen LogP) is -2.52. The Kier molecular flexibility index (Phi) is 18.3. The van der Waals surface area contributed by atoms with Gasteiger partial charge in [-0.25, -0.2) is 0 Å². The monoisotopic (exact) mass is 207 g/mol. The molecule has 7 heteroatoms. The molecule has 0 aliphatic rings. The first-order chi connectivity index (χ1) is 4.00. The van der Waals surface area contributed by atoms with E-state index in [-0.39, 0.29) is 21.7 Å². The van der Waals surface area contributed by atoms with E-state index in [1.807, 2.05) is 0 Å². The maximum Gasteiger partial charge on any atom is 2.00 e. The third-order valence-corrected chi connectivity index (χ3v) is 0.233. The van der Waals surface area contributed by atoms with Crippen molar-refractivity contribution in [2.24, 2.45) is 16.7 Å². The van der Waals surface area contributed by atoms with Gasteiger partial charge in [0.05, 0.1) is 0 Å². The summed E-state index contributed by atoms with van der Waals surface area (Å²) in [6, 6.07) is 0. The Morgan fingerprint density at radius 3 is 1.80 bits per heavy atom. The average molecular weight is 208 g/mol. The summed E-state index contributed by atoms with van der Waals surface area (Å²) in [7, 11) is 0. The molecular formula is C3H7N3NiO2S. The van der Waals surface area contributed by atoms with Crippen LogP contribution in [0.15, 0.2) is 5.10 Å². The molecule has 0 saturated heterocycles. The van der Waals surface area contributed by atoms with Gasteiger partial charge in [0, 0.05) is 5.97 Å². The van der Waals surface area contributed by atoms with Crippen LogP contribution >= 0.6 is 0 Å². The second-order valence-electron chi connectivity index (χ2n) is 0.959. The van der Waals surface area contributed by atoms with Crippen LogP contribution in [0.2, 0.25) is 0 Å². The molecule has 0 rings (SSSR count). The zero-order chi connectivity index (χ0) is 7.86. The largest absolute Gasteiger partial charge is 2.00 e. The second-order valence-corrected chi connectivity index (χ2v) is 1.38. The van der Waals surface area contributed by atoms with Gasteiger partial charge in [-0.1, -0.05) is 0 Å². The molecule has 0 radical (unpaired) electrons. The molecule has 0 atom stereocenters. The summed E-state index contributed by atoms with van der Waals surface area (Å²) in [6.07, 6.45) is 0. The molecule has 0 bridgehead atoms. The van der Waals surface area contributed by atoms with Gasteiger partial charge in [0.25, 0.3) is 0 Å². The maximum atomic E-state index is 8.89. The SMILES string of the molecule is CC(=O)[O-].N/N=C(/N)[S-].[Ni+2]. The van der Waals surface area contributed by atoms with Crippen molar-refractivity contribution in [2.45, 2.75) is 6.92 Å². The number of carbonyl (C=O) groups is 1. The van der Waals surface area contributed by atoms with Gasteiger partial charge in [-0.2, -0.15) is 5.10 Å². The van der Waals surface area contributed by atoms with Crippen LogP contribution in [0.5, 0.6) is 0 Å². The molecule has 0 aromatic rings. The molecule has 0 spiro atoms. The minimum atomic E-state index is -1.08. The van der Waals surface area contributed by atoms with E-state index in [0.717, 1.165) is 6.92 Å². The molecule has 0 amide bonds. The fraction of sp³-hybridized carbons (Fsp3) is 0.333. The van der Waals surface area contributed by atoms with Gasteiger partial charge < -0.3 is 34.1 Å². The topological polar surface area (TPSA) is 105 Å². The van der Waals surface area contributed by atoms with Crippen molar-refractivity contribution in [3.63, 3.8) is 0 Å². The molecule has 0 aliphatic carbocycles. The van der Waals surface area contributed by atoms with E-state index in [2.05, 4.69) is 23.6 Å². The number of amidine groups is 1. The van der Waals surface area contributed by atoms with E-state index in [1.165, 1.54) is 0 Å². The van der Waals surface area contributed by atoms with Gasteiger partial charge in [0.1, 0.15) is 0 Å². The fourth-order valence-corrected chi connectivity index (χ4v) is 0. The molecule has 10 heavy (non-hydrogen) atoms. The van der Waals surface area contributed by atoms with Crippen LogP contribution in [0.25, 0.3) is 0 Å². The molecule has 0 saturated carbocycles. The summed E-state index contributed by atoms with van der Waals surface area (Å²) in [5.74, 6) is 3.45. The molecule has 0 unspecified atom stereocenters. The van der Waals surface area contributed by atoms with Crippen molar-refractivity contribution in [1.82, 2.24) is 0 Å². The van der Waals surface area contributed by atoms with Gasteiger partial charge in [0.15, 0.2) is 0 Å².